The van der Waals surface area contributed by atoms with Gasteiger partial charge in [0, 0.05) is 55.2 Å². The molecule has 0 amide bonds. The monoisotopic (exact) mass is 554 g/mol. The molecule has 0 saturated carbocycles. The zero-order valence-corrected chi connectivity index (χ0v) is 23.6. The zero-order chi connectivity index (χ0) is 27.9. The van der Waals surface area contributed by atoms with Gasteiger partial charge in [0.2, 0.25) is 0 Å². The fourth-order valence-electron chi connectivity index (χ4n) is 5.83. The number of anilines is 3. The Morgan fingerprint density at radius 2 is 1.07 bits per heavy atom. The summed E-state index contributed by atoms with van der Waals surface area (Å²) in [5.74, 6) is 0. The molecule has 2 heterocycles. The van der Waals surface area contributed by atoms with Gasteiger partial charge in [-0.05, 0) is 76.0 Å². The van der Waals surface area contributed by atoms with E-state index in [1.165, 1.54) is 53.2 Å². The van der Waals surface area contributed by atoms with Gasteiger partial charge in [0.15, 0.2) is 0 Å². The van der Waals surface area contributed by atoms with Crippen molar-refractivity contribution < 1.29 is 0 Å². The predicted octanol–water partition coefficient (Wildman–Crippen LogP) is 11.4. The normalized spacial score (nSPS) is 11.3. The molecule has 198 valence electrons. The highest BCUT2D eigenvalue weighted by Crippen LogP contribution is 2.41. The lowest BCUT2D eigenvalue weighted by atomic mass is 10.0. The van der Waals surface area contributed by atoms with Crippen molar-refractivity contribution in [1.29, 1.82) is 0 Å². The van der Waals surface area contributed by atoms with E-state index in [9.17, 15) is 0 Å². The third-order valence-electron chi connectivity index (χ3n) is 7.94. The van der Waals surface area contributed by atoms with Gasteiger partial charge in [0.1, 0.15) is 0 Å². The van der Waals surface area contributed by atoms with E-state index < -0.39 is 0 Å². The van der Waals surface area contributed by atoms with Gasteiger partial charge in [-0.2, -0.15) is 0 Å². The lowest BCUT2D eigenvalue weighted by molar-refractivity contribution is 1.28. The minimum absolute atomic E-state index is 1.11. The lowest BCUT2D eigenvalue weighted by Gasteiger charge is -2.26. The van der Waals surface area contributed by atoms with E-state index in [0.717, 1.165) is 17.1 Å². The van der Waals surface area contributed by atoms with Gasteiger partial charge in [-0.3, -0.25) is 4.98 Å². The molecule has 0 saturated heterocycles. The molecule has 0 unspecified atom stereocenters. The maximum absolute atomic E-state index is 4.61. The molecule has 0 aliphatic rings. The SMILES string of the molecule is c1ccc(N(c2ccc(-c3ccc4ccccc4c3)cc2)c2ccc(-c3cncc4c3sc3ccccc34)cc2)cc1. The van der Waals surface area contributed by atoms with E-state index in [0.29, 0.717) is 0 Å². The van der Waals surface area contributed by atoms with Gasteiger partial charge in [-0.15, -0.1) is 11.3 Å². The predicted molar refractivity (Wildman–Crippen MR) is 180 cm³/mol. The Hall–Kier alpha value is -5.25. The average molecular weight is 555 g/mol. The summed E-state index contributed by atoms with van der Waals surface area (Å²) in [5.41, 5.74) is 8.12. The van der Waals surface area contributed by atoms with Crippen molar-refractivity contribution in [3.63, 3.8) is 0 Å². The summed E-state index contributed by atoms with van der Waals surface area (Å²) in [6.07, 6.45) is 3.98. The van der Waals surface area contributed by atoms with Crippen LogP contribution in [-0.2, 0) is 0 Å². The maximum Gasteiger partial charge on any atom is 0.0464 e. The van der Waals surface area contributed by atoms with Gasteiger partial charge in [-0.25, -0.2) is 0 Å². The van der Waals surface area contributed by atoms with E-state index in [4.69, 9.17) is 0 Å². The summed E-state index contributed by atoms with van der Waals surface area (Å²) in [4.78, 5) is 6.92. The molecule has 42 heavy (non-hydrogen) atoms. The molecule has 0 aliphatic carbocycles. The number of aromatic nitrogens is 1. The first-order valence-electron chi connectivity index (χ1n) is 14.1. The molecule has 2 aromatic heterocycles. The fraction of sp³-hybridized carbons (Fsp3) is 0. The van der Waals surface area contributed by atoms with E-state index in [2.05, 4.69) is 155 Å². The molecular formula is C39H26N2S. The summed E-state index contributed by atoms with van der Waals surface area (Å²) in [6.45, 7) is 0. The molecule has 8 aromatic rings. The van der Waals surface area contributed by atoms with E-state index in [1.54, 1.807) is 0 Å². The van der Waals surface area contributed by atoms with E-state index in [1.807, 2.05) is 23.7 Å². The van der Waals surface area contributed by atoms with Crippen LogP contribution in [0.2, 0.25) is 0 Å². The summed E-state index contributed by atoms with van der Waals surface area (Å²) < 4.78 is 2.57. The Morgan fingerprint density at radius 3 is 1.86 bits per heavy atom. The highest BCUT2D eigenvalue weighted by Gasteiger charge is 2.15. The highest BCUT2D eigenvalue weighted by molar-refractivity contribution is 7.26. The number of fused-ring (bicyclic) bond motifs is 4. The fourth-order valence-corrected chi connectivity index (χ4v) is 7.04. The van der Waals surface area contributed by atoms with Crippen molar-refractivity contribution in [2.24, 2.45) is 0 Å². The maximum atomic E-state index is 4.61. The van der Waals surface area contributed by atoms with E-state index in [-0.39, 0.29) is 0 Å². The Kier molecular flexibility index (Phi) is 6.02. The molecule has 0 atom stereocenters. The number of nitrogens with zero attached hydrogens (tertiary/aromatic N) is 2. The summed E-state index contributed by atoms with van der Waals surface area (Å²) >= 11 is 1.84. The Balaban J connectivity index is 1.17. The van der Waals surface area contributed by atoms with Crippen molar-refractivity contribution in [3.8, 4) is 22.3 Å². The average Bonchev–Trinajstić information content (AvgIpc) is 3.45. The lowest BCUT2D eigenvalue weighted by Crippen LogP contribution is -2.09. The number of thiophene rings is 1. The Morgan fingerprint density at radius 1 is 0.452 bits per heavy atom. The second kappa shape index (κ2) is 10.3. The molecule has 0 aliphatic heterocycles. The number of para-hydroxylation sites is 1. The molecule has 0 N–H and O–H groups in total. The number of rotatable bonds is 5. The van der Waals surface area contributed by atoms with Crippen LogP contribution in [0.3, 0.4) is 0 Å². The number of pyridine rings is 1. The van der Waals surface area contributed by atoms with Crippen LogP contribution in [0.25, 0.3) is 53.2 Å². The van der Waals surface area contributed by atoms with Crippen molar-refractivity contribution in [2.45, 2.75) is 0 Å². The number of hydrogen-bond donors (Lipinski definition) is 0. The minimum atomic E-state index is 1.11. The molecule has 0 fully saturated rings. The minimum Gasteiger partial charge on any atom is -0.311 e. The van der Waals surface area contributed by atoms with Crippen LogP contribution in [0.4, 0.5) is 17.1 Å². The summed E-state index contributed by atoms with van der Waals surface area (Å²) in [5, 5.41) is 5.00. The van der Waals surface area contributed by atoms with Crippen molar-refractivity contribution >= 4 is 59.3 Å². The van der Waals surface area contributed by atoms with E-state index >= 15 is 0 Å². The quantitative estimate of drug-likeness (QED) is 0.210. The Labute approximate surface area is 248 Å². The molecule has 3 heteroatoms. The second-order valence-corrected chi connectivity index (χ2v) is 11.5. The Bertz CT molecular complexity index is 2180. The van der Waals surface area contributed by atoms with Crippen LogP contribution >= 0.6 is 11.3 Å². The molecule has 0 bridgehead atoms. The van der Waals surface area contributed by atoms with Gasteiger partial charge in [-0.1, -0.05) is 97.1 Å². The van der Waals surface area contributed by atoms with Crippen LogP contribution in [0, 0.1) is 0 Å². The third kappa shape index (κ3) is 4.32. The molecule has 0 spiro atoms. The molecule has 2 nitrogen and oxygen atoms in total. The first-order chi connectivity index (χ1) is 20.8. The van der Waals surface area contributed by atoms with Gasteiger partial charge in [0.05, 0.1) is 0 Å². The molecular weight excluding hydrogens is 529 g/mol. The van der Waals surface area contributed by atoms with Crippen LogP contribution in [-0.4, -0.2) is 4.98 Å². The highest BCUT2D eigenvalue weighted by atomic mass is 32.1. The largest absolute Gasteiger partial charge is 0.311 e. The zero-order valence-electron chi connectivity index (χ0n) is 22.8. The second-order valence-electron chi connectivity index (χ2n) is 10.5. The number of benzene rings is 6. The van der Waals surface area contributed by atoms with Crippen LogP contribution in [0.15, 0.2) is 158 Å². The first kappa shape index (κ1) is 24.5. The topological polar surface area (TPSA) is 16.1 Å². The standard InChI is InChI=1S/C39H26N2S/c1-2-10-32(11-3-1)41(33-20-16-28(17-21-33)31-15-14-27-8-4-5-9-30(27)24-31)34-22-18-29(19-23-34)36-25-40-26-37-35-12-6-7-13-38(35)42-39(36)37/h1-26H. The van der Waals surface area contributed by atoms with Crippen LogP contribution < -0.4 is 4.90 Å². The van der Waals surface area contributed by atoms with Crippen molar-refractivity contribution in [2.75, 3.05) is 4.90 Å². The number of hydrogen-bond acceptors (Lipinski definition) is 3. The van der Waals surface area contributed by atoms with Gasteiger partial charge in [0.25, 0.3) is 0 Å². The van der Waals surface area contributed by atoms with Crippen molar-refractivity contribution in [3.05, 3.63) is 158 Å². The van der Waals surface area contributed by atoms with Crippen LogP contribution in [0.5, 0.6) is 0 Å². The molecule has 8 rings (SSSR count). The molecule has 6 aromatic carbocycles. The van der Waals surface area contributed by atoms with Gasteiger partial charge < -0.3 is 4.90 Å². The summed E-state index contributed by atoms with van der Waals surface area (Å²) in [6, 6.07) is 52.1. The first-order valence-corrected chi connectivity index (χ1v) is 14.9. The smallest absolute Gasteiger partial charge is 0.0464 e. The summed E-state index contributed by atoms with van der Waals surface area (Å²) in [7, 11) is 0. The molecule has 0 radical (unpaired) electrons. The van der Waals surface area contributed by atoms with Crippen LogP contribution in [0.1, 0.15) is 0 Å². The van der Waals surface area contributed by atoms with Crippen molar-refractivity contribution in [1.82, 2.24) is 4.98 Å². The third-order valence-corrected chi connectivity index (χ3v) is 9.16. The van der Waals surface area contributed by atoms with Gasteiger partial charge >= 0.3 is 0 Å².